The van der Waals surface area contributed by atoms with Crippen molar-refractivity contribution >= 4 is 16.0 Å². The summed E-state index contributed by atoms with van der Waals surface area (Å²) in [5.74, 6) is 0.0203. The van der Waals surface area contributed by atoms with Crippen LogP contribution in [0.2, 0.25) is 0 Å². The van der Waals surface area contributed by atoms with E-state index in [1.807, 2.05) is 13.8 Å². The molecule has 0 unspecified atom stereocenters. The summed E-state index contributed by atoms with van der Waals surface area (Å²) < 4.78 is 36.6. The predicted molar refractivity (Wildman–Crippen MR) is 78.8 cm³/mol. The highest BCUT2D eigenvalue weighted by Crippen LogP contribution is 2.22. The molecular formula is C14H21NO5S. The van der Waals surface area contributed by atoms with E-state index in [0.717, 1.165) is 0 Å². The average molecular weight is 315 g/mol. The van der Waals surface area contributed by atoms with Gasteiger partial charge in [0.2, 0.25) is 10.0 Å². The van der Waals surface area contributed by atoms with Gasteiger partial charge in [-0.25, -0.2) is 8.42 Å². The quantitative estimate of drug-likeness (QED) is 0.773. The summed E-state index contributed by atoms with van der Waals surface area (Å²) in [5, 5.41) is 0. The number of carbonyl (C=O) groups excluding carboxylic acids is 1. The monoisotopic (exact) mass is 315 g/mol. The molecule has 1 N–H and O–H groups in total. The molecule has 0 aliphatic carbocycles. The number of benzene rings is 1. The molecule has 0 saturated heterocycles. The Balaban J connectivity index is 2.84. The molecule has 0 spiro atoms. The fourth-order valence-corrected chi connectivity index (χ4v) is 2.68. The Hall–Kier alpha value is -1.60. The molecule has 6 nitrogen and oxygen atoms in total. The molecule has 0 aliphatic rings. The Morgan fingerprint density at radius 1 is 1.33 bits per heavy atom. The number of esters is 1. The fraction of sp³-hybridized carbons (Fsp3) is 0.500. The average Bonchev–Trinajstić information content (AvgIpc) is 2.39. The van der Waals surface area contributed by atoms with E-state index in [1.165, 1.54) is 12.1 Å². The SMILES string of the molecule is CCOC(=O)CNS(=O)(=O)c1ccc(OC(C)C)c(C)c1. The molecule has 0 heterocycles. The Kier molecular flexibility index (Phi) is 6.17. The van der Waals surface area contributed by atoms with E-state index in [1.54, 1.807) is 19.9 Å². The normalized spacial score (nSPS) is 11.5. The predicted octanol–water partition coefficient (Wildman–Crippen LogP) is 1.62. The summed E-state index contributed by atoms with van der Waals surface area (Å²) >= 11 is 0. The van der Waals surface area contributed by atoms with E-state index in [9.17, 15) is 13.2 Å². The number of carbonyl (C=O) groups is 1. The maximum absolute atomic E-state index is 12.1. The van der Waals surface area contributed by atoms with Crippen LogP contribution in [-0.4, -0.2) is 33.6 Å². The Morgan fingerprint density at radius 3 is 2.52 bits per heavy atom. The van der Waals surface area contributed by atoms with Crippen LogP contribution in [0.25, 0.3) is 0 Å². The van der Waals surface area contributed by atoms with E-state index in [4.69, 9.17) is 4.74 Å². The van der Waals surface area contributed by atoms with Crippen molar-refractivity contribution in [1.82, 2.24) is 4.72 Å². The number of aryl methyl sites for hydroxylation is 1. The highest BCUT2D eigenvalue weighted by atomic mass is 32.2. The van der Waals surface area contributed by atoms with Gasteiger partial charge in [0.1, 0.15) is 12.3 Å². The third kappa shape index (κ3) is 5.35. The molecule has 0 amide bonds. The second-order valence-electron chi connectivity index (χ2n) is 4.72. The molecule has 0 radical (unpaired) electrons. The van der Waals surface area contributed by atoms with Gasteiger partial charge in [0.15, 0.2) is 0 Å². The maximum Gasteiger partial charge on any atom is 0.321 e. The summed E-state index contributed by atoms with van der Waals surface area (Å²) in [6.07, 6.45) is 0.00750. The minimum atomic E-state index is -3.75. The van der Waals surface area contributed by atoms with Gasteiger partial charge in [0.25, 0.3) is 0 Å². The van der Waals surface area contributed by atoms with Crippen LogP contribution in [-0.2, 0) is 19.6 Å². The van der Waals surface area contributed by atoms with Crippen molar-refractivity contribution in [3.63, 3.8) is 0 Å². The van der Waals surface area contributed by atoms with Gasteiger partial charge in [-0.3, -0.25) is 4.79 Å². The van der Waals surface area contributed by atoms with Crippen molar-refractivity contribution in [2.75, 3.05) is 13.2 Å². The largest absolute Gasteiger partial charge is 0.491 e. The molecule has 0 aliphatic heterocycles. The molecule has 0 bridgehead atoms. The smallest absolute Gasteiger partial charge is 0.321 e. The van der Waals surface area contributed by atoms with Crippen molar-refractivity contribution in [3.8, 4) is 5.75 Å². The van der Waals surface area contributed by atoms with Gasteiger partial charge in [0.05, 0.1) is 17.6 Å². The second-order valence-corrected chi connectivity index (χ2v) is 6.49. The lowest BCUT2D eigenvalue weighted by molar-refractivity contribution is -0.141. The molecule has 0 aromatic heterocycles. The first-order valence-corrected chi connectivity index (χ1v) is 8.17. The molecule has 7 heteroatoms. The van der Waals surface area contributed by atoms with E-state index < -0.39 is 16.0 Å². The number of rotatable bonds is 7. The maximum atomic E-state index is 12.1. The molecule has 0 saturated carbocycles. The highest BCUT2D eigenvalue weighted by molar-refractivity contribution is 7.89. The summed E-state index contributed by atoms with van der Waals surface area (Å²) in [6.45, 7) is 7.03. The van der Waals surface area contributed by atoms with E-state index in [-0.39, 0.29) is 24.2 Å². The van der Waals surface area contributed by atoms with Crippen molar-refractivity contribution in [2.45, 2.75) is 38.7 Å². The van der Waals surface area contributed by atoms with Crippen LogP contribution in [0.4, 0.5) is 0 Å². The van der Waals surface area contributed by atoms with Crippen molar-refractivity contribution in [2.24, 2.45) is 0 Å². The third-order valence-corrected chi connectivity index (χ3v) is 3.93. The Labute approximate surface area is 125 Å². The van der Waals surface area contributed by atoms with Crippen LogP contribution in [0.15, 0.2) is 23.1 Å². The van der Waals surface area contributed by atoms with Gasteiger partial charge < -0.3 is 9.47 Å². The van der Waals surface area contributed by atoms with E-state index >= 15 is 0 Å². The van der Waals surface area contributed by atoms with Gasteiger partial charge in [-0.05, 0) is 51.5 Å². The van der Waals surface area contributed by atoms with Crippen LogP contribution in [0, 0.1) is 6.92 Å². The van der Waals surface area contributed by atoms with Gasteiger partial charge in [-0.1, -0.05) is 0 Å². The lowest BCUT2D eigenvalue weighted by atomic mass is 10.2. The molecule has 1 aromatic carbocycles. The molecule has 1 aromatic rings. The zero-order valence-corrected chi connectivity index (χ0v) is 13.5. The lowest BCUT2D eigenvalue weighted by Gasteiger charge is -2.13. The van der Waals surface area contributed by atoms with E-state index in [0.29, 0.717) is 11.3 Å². The molecular weight excluding hydrogens is 294 g/mol. The Bertz CT molecular complexity index is 595. The molecule has 118 valence electrons. The summed E-state index contributed by atoms with van der Waals surface area (Å²) in [4.78, 5) is 11.3. The zero-order valence-electron chi connectivity index (χ0n) is 12.7. The number of ether oxygens (including phenoxy) is 2. The molecule has 0 fully saturated rings. The van der Waals surface area contributed by atoms with Crippen LogP contribution in [0.5, 0.6) is 5.75 Å². The standard InChI is InChI=1S/C14H21NO5S/c1-5-19-14(16)9-15-21(17,18)12-6-7-13(11(4)8-12)20-10(2)3/h6-8,10,15H,5,9H2,1-4H3. The second kappa shape index (κ2) is 7.42. The van der Waals surface area contributed by atoms with Crippen LogP contribution in [0.3, 0.4) is 0 Å². The van der Waals surface area contributed by atoms with Gasteiger partial charge in [-0.2, -0.15) is 4.72 Å². The Morgan fingerprint density at radius 2 is 2.00 bits per heavy atom. The first-order valence-electron chi connectivity index (χ1n) is 6.69. The fourth-order valence-electron chi connectivity index (χ4n) is 1.62. The van der Waals surface area contributed by atoms with Gasteiger partial charge >= 0.3 is 5.97 Å². The van der Waals surface area contributed by atoms with Gasteiger partial charge in [0, 0.05) is 0 Å². The number of sulfonamides is 1. The van der Waals surface area contributed by atoms with Crippen molar-refractivity contribution < 1.29 is 22.7 Å². The summed E-state index contributed by atoms with van der Waals surface area (Å²) in [7, 11) is -3.75. The minimum Gasteiger partial charge on any atom is -0.491 e. The highest BCUT2D eigenvalue weighted by Gasteiger charge is 2.17. The lowest BCUT2D eigenvalue weighted by Crippen LogP contribution is -2.30. The van der Waals surface area contributed by atoms with Gasteiger partial charge in [-0.15, -0.1) is 0 Å². The number of hydrogen-bond acceptors (Lipinski definition) is 5. The first-order chi connectivity index (χ1) is 9.76. The summed E-state index contributed by atoms with van der Waals surface area (Å²) in [5.41, 5.74) is 0.711. The van der Waals surface area contributed by atoms with Crippen molar-refractivity contribution in [3.05, 3.63) is 23.8 Å². The number of hydrogen-bond donors (Lipinski definition) is 1. The van der Waals surface area contributed by atoms with Crippen LogP contribution in [0.1, 0.15) is 26.3 Å². The van der Waals surface area contributed by atoms with Crippen molar-refractivity contribution in [1.29, 1.82) is 0 Å². The molecule has 0 atom stereocenters. The van der Waals surface area contributed by atoms with Crippen LogP contribution >= 0.6 is 0 Å². The third-order valence-electron chi connectivity index (χ3n) is 2.53. The van der Waals surface area contributed by atoms with E-state index in [2.05, 4.69) is 9.46 Å². The molecule has 1 rings (SSSR count). The molecule has 21 heavy (non-hydrogen) atoms. The minimum absolute atomic E-state index is 0.00750. The zero-order chi connectivity index (χ0) is 16.0. The first kappa shape index (κ1) is 17.5. The summed E-state index contributed by atoms with van der Waals surface area (Å²) in [6, 6.07) is 4.55. The van der Waals surface area contributed by atoms with Crippen LogP contribution < -0.4 is 9.46 Å². The topological polar surface area (TPSA) is 81.7 Å². The number of nitrogens with one attached hydrogen (secondary N) is 1.